The molecule has 3 atom stereocenters. The van der Waals surface area contributed by atoms with Gasteiger partial charge in [-0.1, -0.05) is 66.5 Å². The van der Waals surface area contributed by atoms with Gasteiger partial charge in [-0.25, -0.2) is 0 Å². The molecule has 0 bridgehead atoms. The van der Waals surface area contributed by atoms with Crippen LogP contribution in [0.2, 0.25) is 10.0 Å². The van der Waals surface area contributed by atoms with Gasteiger partial charge >= 0.3 is 0 Å². The molecule has 156 valence electrons. The van der Waals surface area contributed by atoms with Gasteiger partial charge in [0, 0.05) is 16.5 Å². The van der Waals surface area contributed by atoms with E-state index in [2.05, 4.69) is 6.58 Å². The maximum absolute atomic E-state index is 12.7. The van der Waals surface area contributed by atoms with Gasteiger partial charge in [-0.2, -0.15) is 0 Å². The molecule has 0 aromatic heterocycles. The quantitative estimate of drug-likeness (QED) is 0.626. The Balaban J connectivity index is 0.000000360. The van der Waals surface area contributed by atoms with E-state index in [1.807, 2.05) is 49.4 Å². The van der Waals surface area contributed by atoms with Crippen molar-refractivity contribution in [2.24, 2.45) is 0 Å². The van der Waals surface area contributed by atoms with Crippen LogP contribution < -0.4 is 0 Å². The molecule has 29 heavy (non-hydrogen) atoms. The first kappa shape index (κ1) is 23.4. The molecule has 0 unspecified atom stereocenters. The van der Waals surface area contributed by atoms with Crippen LogP contribution in [0.3, 0.4) is 0 Å². The first-order valence-electron chi connectivity index (χ1n) is 9.63. The zero-order valence-electron chi connectivity index (χ0n) is 16.5. The monoisotopic (exact) mass is 435 g/mol. The van der Waals surface area contributed by atoms with E-state index in [0.29, 0.717) is 24.5 Å². The lowest BCUT2D eigenvalue weighted by molar-refractivity contribution is -0.165. The molecule has 0 saturated carbocycles. The second kappa shape index (κ2) is 12.0. The van der Waals surface area contributed by atoms with Gasteiger partial charge in [0.25, 0.3) is 5.91 Å². The van der Waals surface area contributed by atoms with Crippen LogP contribution in [0.1, 0.15) is 31.4 Å². The molecule has 1 N–H and O–H groups in total. The fraction of sp³-hybridized carbons (Fsp3) is 0.348. The number of morpholine rings is 1. The molecule has 1 aliphatic heterocycles. The molecule has 6 heteroatoms. The molecule has 1 fully saturated rings. The summed E-state index contributed by atoms with van der Waals surface area (Å²) in [6.45, 7) is 5.98. The molecule has 0 spiro atoms. The average molecular weight is 436 g/mol. The third-order valence-corrected chi connectivity index (χ3v) is 5.27. The van der Waals surface area contributed by atoms with Crippen LogP contribution in [0, 0.1) is 0 Å². The van der Waals surface area contributed by atoms with Crippen molar-refractivity contribution in [1.29, 1.82) is 0 Å². The molecular weight excluding hydrogens is 409 g/mol. The summed E-state index contributed by atoms with van der Waals surface area (Å²) in [6.07, 6.45) is 2.34. The largest absolute Gasteiger partial charge is 0.394 e. The molecule has 1 amide bonds. The Bertz CT molecular complexity index is 763. The first-order chi connectivity index (χ1) is 14.0. The summed E-state index contributed by atoms with van der Waals surface area (Å²) in [4.78, 5) is 14.5. The standard InChI is InChI=1S/C17H22ClNO3.C6H5Cl/c1-3-5-16-17(21)19(14(4-2)10-20)15(11-22-16)12-6-8-13(18)9-7-12;7-6-4-2-1-3-5-6/h3,6-9,14-16,20H,1,4-5,10-11H2,2H3;1-5H/t14-,15-,16+;/m0./s1. The Morgan fingerprint density at radius 2 is 1.79 bits per heavy atom. The highest BCUT2D eigenvalue weighted by Gasteiger charge is 2.39. The molecule has 1 aliphatic rings. The van der Waals surface area contributed by atoms with Crippen LogP contribution >= 0.6 is 23.2 Å². The predicted octanol–water partition coefficient (Wildman–Crippen LogP) is 5.30. The maximum atomic E-state index is 12.7. The van der Waals surface area contributed by atoms with Crippen LogP contribution in [-0.2, 0) is 9.53 Å². The Labute approximate surface area is 182 Å². The third-order valence-electron chi connectivity index (χ3n) is 4.77. The van der Waals surface area contributed by atoms with Crippen molar-refractivity contribution < 1.29 is 14.6 Å². The van der Waals surface area contributed by atoms with Crippen molar-refractivity contribution in [3.63, 3.8) is 0 Å². The minimum atomic E-state index is -0.512. The second-order valence-corrected chi connectivity index (χ2v) is 7.57. The summed E-state index contributed by atoms with van der Waals surface area (Å²) < 4.78 is 5.72. The van der Waals surface area contributed by atoms with Gasteiger partial charge < -0.3 is 14.7 Å². The Kier molecular flexibility index (Phi) is 9.68. The van der Waals surface area contributed by atoms with E-state index in [-0.39, 0.29) is 24.6 Å². The highest BCUT2D eigenvalue weighted by molar-refractivity contribution is 6.30. The summed E-state index contributed by atoms with van der Waals surface area (Å²) in [5.41, 5.74) is 0.960. The van der Waals surface area contributed by atoms with Gasteiger partial charge in [-0.15, -0.1) is 6.58 Å². The number of carbonyl (C=O) groups is 1. The number of hydrogen-bond donors (Lipinski definition) is 1. The van der Waals surface area contributed by atoms with Gasteiger partial charge in [0.2, 0.25) is 0 Å². The van der Waals surface area contributed by atoms with Crippen LogP contribution in [0.5, 0.6) is 0 Å². The first-order valence-corrected chi connectivity index (χ1v) is 10.4. The maximum Gasteiger partial charge on any atom is 0.252 e. The van der Waals surface area contributed by atoms with E-state index in [0.717, 1.165) is 10.6 Å². The molecule has 3 rings (SSSR count). The average Bonchev–Trinajstić information content (AvgIpc) is 2.73. The number of amides is 1. The molecule has 2 aromatic carbocycles. The lowest BCUT2D eigenvalue weighted by atomic mass is 9.99. The van der Waals surface area contributed by atoms with Crippen molar-refractivity contribution in [2.75, 3.05) is 13.2 Å². The van der Waals surface area contributed by atoms with E-state index in [1.165, 1.54) is 0 Å². The highest BCUT2D eigenvalue weighted by Crippen LogP contribution is 2.31. The lowest BCUT2D eigenvalue weighted by Gasteiger charge is -2.43. The molecular formula is C23H27Cl2NO3. The molecule has 0 aliphatic carbocycles. The number of aliphatic hydroxyl groups excluding tert-OH is 1. The van der Waals surface area contributed by atoms with Gasteiger partial charge in [0.1, 0.15) is 6.10 Å². The summed E-state index contributed by atoms with van der Waals surface area (Å²) >= 11 is 11.5. The van der Waals surface area contributed by atoms with Crippen LogP contribution in [-0.4, -0.2) is 41.3 Å². The summed E-state index contributed by atoms with van der Waals surface area (Å²) in [7, 11) is 0. The van der Waals surface area contributed by atoms with Crippen LogP contribution in [0.4, 0.5) is 0 Å². The van der Waals surface area contributed by atoms with E-state index in [9.17, 15) is 9.90 Å². The van der Waals surface area contributed by atoms with E-state index in [1.54, 1.807) is 23.1 Å². The molecule has 0 radical (unpaired) electrons. The molecule has 1 heterocycles. The third kappa shape index (κ3) is 6.58. The Morgan fingerprint density at radius 1 is 1.17 bits per heavy atom. The SMILES string of the molecule is C=CC[C@H]1OC[C@@H](c2ccc(Cl)cc2)N([C@@H](CC)CO)C1=O.Clc1ccccc1. The smallest absolute Gasteiger partial charge is 0.252 e. The normalized spacial score (nSPS) is 19.9. The number of hydrogen-bond acceptors (Lipinski definition) is 3. The summed E-state index contributed by atoms with van der Waals surface area (Å²) in [6, 6.07) is 16.4. The number of halogens is 2. The van der Waals surface area contributed by atoms with Crippen molar-refractivity contribution in [3.05, 3.63) is 82.9 Å². The van der Waals surface area contributed by atoms with Crippen molar-refractivity contribution >= 4 is 29.1 Å². The highest BCUT2D eigenvalue weighted by atomic mass is 35.5. The van der Waals surface area contributed by atoms with Crippen LogP contribution in [0.25, 0.3) is 0 Å². The van der Waals surface area contributed by atoms with Gasteiger partial charge in [-0.3, -0.25) is 4.79 Å². The molecule has 1 saturated heterocycles. The number of benzene rings is 2. The summed E-state index contributed by atoms with van der Waals surface area (Å²) in [5.74, 6) is -0.0907. The Morgan fingerprint density at radius 3 is 2.28 bits per heavy atom. The van der Waals surface area contributed by atoms with E-state index in [4.69, 9.17) is 27.9 Å². The van der Waals surface area contributed by atoms with Gasteiger partial charge in [0.05, 0.1) is 25.3 Å². The van der Waals surface area contributed by atoms with Gasteiger partial charge in [0.15, 0.2) is 0 Å². The van der Waals surface area contributed by atoms with E-state index >= 15 is 0 Å². The molecule has 4 nitrogen and oxygen atoms in total. The van der Waals surface area contributed by atoms with Crippen molar-refractivity contribution in [1.82, 2.24) is 4.90 Å². The minimum Gasteiger partial charge on any atom is -0.394 e. The second-order valence-electron chi connectivity index (χ2n) is 6.70. The number of rotatable bonds is 6. The van der Waals surface area contributed by atoms with Crippen LogP contribution in [0.15, 0.2) is 67.3 Å². The Hall–Kier alpha value is -1.85. The van der Waals surface area contributed by atoms with Crippen molar-refractivity contribution in [2.45, 2.75) is 38.0 Å². The summed E-state index contributed by atoms with van der Waals surface area (Å²) in [5, 5.41) is 11.1. The molecule has 2 aromatic rings. The van der Waals surface area contributed by atoms with Crippen molar-refractivity contribution in [3.8, 4) is 0 Å². The fourth-order valence-corrected chi connectivity index (χ4v) is 3.48. The zero-order valence-corrected chi connectivity index (χ0v) is 18.0. The number of nitrogens with zero attached hydrogens (tertiary/aromatic N) is 1. The topological polar surface area (TPSA) is 49.8 Å². The number of aliphatic hydroxyl groups is 1. The fourth-order valence-electron chi connectivity index (χ4n) is 3.20. The number of ether oxygens (including phenoxy) is 1. The predicted molar refractivity (Wildman–Crippen MR) is 118 cm³/mol. The zero-order chi connectivity index (χ0) is 21.2. The number of carbonyl (C=O) groups excluding carboxylic acids is 1. The van der Waals surface area contributed by atoms with Gasteiger partial charge in [-0.05, 0) is 36.2 Å². The minimum absolute atomic E-state index is 0.0624. The lowest BCUT2D eigenvalue weighted by Crippen LogP contribution is -2.54. The van der Waals surface area contributed by atoms with E-state index < -0.39 is 6.10 Å².